The number of hydrogen-bond acceptors (Lipinski definition) is 4. The molecule has 21 heavy (non-hydrogen) atoms. The van der Waals surface area contributed by atoms with Crippen LogP contribution in [0.25, 0.3) is 0 Å². The van der Waals surface area contributed by atoms with Crippen LogP contribution in [0.2, 0.25) is 0 Å². The van der Waals surface area contributed by atoms with Gasteiger partial charge in [-0.3, -0.25) is 9.69 Å². The molecular weight excluding hydrogens is 268 g/mol. The second-order valence-electron chi connectivity index (χ2n) is 5.36. The van der Waals surface area contributed by atoms with Gasteiger partial charge in [0.1, 0.15) is 17.4 Å². The Morgan fingerprint density at radius 3 is 2.90 bits per heavy atom. The Labute approximate surface area is 124 Å². The number of aliphatic carboxylic acids is 1. The van der Waals surface area contributed by atoms with Gasteiger partial charge in [-0.2, -0.15) is 5.26 Å². The molecule has 5 nitrogen and oxygen atoms in total. The minimum atomic E-state index is -0.771. The van der Waals surface area contributed by atoms with Gasteiger partial charge in [-0.15, -0.1) is 0 Å². The fourth-order valence-electron chi connectivity index (χ4n) is 3.12. The van der Waals surface area contributed by atoms with Gasteiger partial charge in [0.25, 0.3) is 0 Å². The van der Waals surface area contributed by atoms with Crippen molar-refractivity contribution >= 4 is 5.97 Å². The SMILES string of the molecule is CCC1(C(=O)O)CCCN1Cc1ccc(OC)c(C#N)c1. The summed E-state index contributed by atoms with van der Waals surface area (Å²) in [6, 6.07) is 7.54. The van der Waals surface area contributed by atoms with Crippen molar-refractivity contribution in [2.24, 2.45) is 0 Å². The Morgan fingerprint density at radius 1 is 1.57 bits per heavy atom. The first-order valence-electron chi connectivity index (χ1n) is 7.13. The summed E-state index contributed by atoms with van der Waals surface area (Å²) >= 11 is 0. The fourth-order valence-corrected chi connectivity index (χ4v) is 3.12. The van der Waals surface area contributed by atoms with E-state index in [1.165, 1.54) is 7.11 Å². The lowest BCUT2D eigenvalue weighted by atomic mass is 9.92. The minimum Gasteiger partial charge on any atom is -0.495 e. The first-order valence-corrected chi connectivity index (χ1v) is 7.13. The number of nitriles is 1. The predicted octanol–water partition coefficient (Wildman–Crippen LogP) is 2.40. The highest BCUT2D eigenvalue weighted by molar-refractivity contribution is 5.79. The molecule has 1 atom stereocenters. The third-order valence-corrected chi connectivity index (χ3v) is 4.36. The number of ether oxygens (including phenoxy) is 1. The van der Waals surface area contributed by atoms with Crippen LogP contribution in [0.1, 0.15) is 37.3 Å². The van der Waals surface area contributed by atoms with E-state index in [1.54, 1.807) is 12.1 Å². The molecule has 1 aliphatic heterocycles. The summed E-state index contributed by atoms with van der Waals surface area (Å²) in [4.78, 5) is 13.7. The molecular formula is C16H20N2O3. The van der Waals surface area contributed by atoms with Crippen molar-refractivity contribution in [3.8, 4) is 11.8 Å². The van der Waals surface area contributed by atoms with E-state index in [4.69, 9.17) is 10.00 Å². The predicted molar refractivity (Wildman–Crippen MR) is 78.0 cm³/mol. The van der Waals surface area contributed by atoms with Crippen LogP contribution in [-0.4, -0.2) is 35.2 Å². The second-order valence-corrected chi connectivity index (χ2v) is 5.36. The minimum absolute atomic E-state index is 0.478. The molecule has 1 aromatic rings. The maximum atomic E-state index is 11.7. The number of rotatable bonds is 5. The van der Waals surface area contributed by atoms with Crippen LogP contribution in [0.5, 0.6) is 5.75 Å². The van der Waals surface area contributed by atoms with Crippen molar-refractivity contribution in [1.29, 1.82) is 5.26 Å². The van der Waals surface area contributed by atoms with Crippen LogP contribution in [0.4, 0.5) is 0 Å². The highest BCUT2D eigenvalue weighted by atomic mass is 16.5. The maximum Gasteiger partial charge on any atom is 0.324 e. The lowest BCUT2D eigenvalue weighted by Gasteiger charge is -2.34. The number of likely N-dealkylation sites (tertiary alicyclic amines) is 1. The van der Waals surface area contributed by atoms with Crippen molar-refractivity contribution < 1.29 is 14.6 Å². The van der Waals surface area contributed by atoms with Gasteiger partial charge in [0.15, 0.2) is 0 Å². The molecule has 1 fully saturated rings. The highest BCUT2D eigenvalue weighted by Gasteiger charge is 2.45. The maximum absolute atomic E-state index is 11.7. The number of hydrogen-bond donors (Lipinski definition) is 1. The van der Waals surface area contributed by atoms with E-state index in [2.05, 4.69) is 6.07 Å². The summed E-state index contributed by atoms with van der Waals surface area (Å²) in [5, 5.41) is 18.7. The van der Waals surface area contributed by atoms with Crippen molar-refractivity contribution in [3.63, 3.8) is 0 Å². The largest absolute Gasteiger partial charge is 0.495 e. The van der Waals surface area contributed by atoms with Crippen LogP contribution in [0, 0.1) is 11.3 Å². The molecule has 112 valence electrons. The third kappa shape index (κ3) is 2.72. The zero-order chi connectivity index (χ0) is 15.5. The van der Waals surface area contributed by atoms with Gasteiger partial charge < -0.3 is 9.84 Å². The molecule has 1 heterocycles. The number of carboxylic acids is 1. The molecule has 1 aliphatic rings. The van der Waals surface area contributed by atoms with E-state index in [1.807, 2.05) is 17.9 Å². The molecule has 0 spiro atoms. The Bertz CT molecular complexity index is 579. The fraction of sp³-hybridized carbons (Fsp3) is 0.500. The molecule has 1 saturated heterocycles. The standard InChI is InChI=1S/C16H20N2O3/c1-3-16(15(19)20)7-4-8-18(16)11-12-5-6-14(21-2)13(9-12)10-17/h5-6,9H,3-4,7-8,11H2,1-2H3,(H,19,20). The molecule has 0 aliphatic carbocycles. The van der Waals surface area contributed by atoms with Crippen LogP contribution >= 0.6 is 0 Å². The third-order valence-electron chi connectivity index (χ3n) is 4.36. The molecule has 2 rings (SSSR count). The van der Waals surface area contributed by atoms with Crippen LogP contribution in [-0.2, 0) is 11.3 Å². The summed E-state index contributed by atoms with van der Waals surface area (Å²) in [5.41, 5.74) is 0.646. The van der Waals surface area contributed by atoms with Gasteiger partial charge in [-0.25, -0.2) is 0 Å². The smallest absolute Gasteiger partial charge is 0.324 e. The first kappa shape index (κ1) is 15.3. The molecule has 0 aromatic heterocycles. The molecule has 1 aromatic carbocycles. The Balaban J connectivity index is 2.25. The van der Waals surface area contributed by atoms with E-state index in [9.17, 15) is 9.90 Å². The molecule has 1 unspecified atom stereocenters. The highest BCUT2D eigenvalue weighted by Crippen LogP contribution is 2.34. The van der Waals surface area contributed by atoms with Gasteiger partial charge in [0.2, 0.25) is 0 Å². The summed E-state index contributed by atoms with van der Waals surface area (Å²) in [5.74, 6) is -0.209. The lowest BCUT2D eigenvalue weighted by Crippen LogP contribution is -2.49. The summed E-state index contributed by atoms with van der Waals surface area (Å²) in [6.07, 6.45) is 2.16. The molecule has 0 radical (unpaired) electrons. The van der Waals surface area contributed by atoms with Crippen molar-refractivity contribution in [3.05, 3.63) is 29.3 Å². The van der Waals surface area contributed by atoms with Crippen molar-refractivity contribution in [2.75, 3.05) is 13.7 Å². The van der Waals surface area contributed by atoms with Gasteiger partial charge >= 0.3 is 5.97 Å². The zero-order valence-electron chi connectivity index (χ0n) is 12.4. The van der Waals surface area contributed by atoms with E-state index in [0.717, 1.165) is 18.5 Å². The first-order chi connectivity index (χ1) is 10.1. The lowest BCUT2D eigenvalue weighted by molar-refractivity contribution is -0.150. The summed E-state index contributed by atoms with van der Waals surface area (Å²) in [6.45, 7) is 3.23. The number of carboxylic acid groups (broad SMARTS) is 1. The Kier molecular flexibility index (Phi) is 4.49. The Morgan fingerprint density at radius 2 is 2.33 bits per heavy atom. The van der Waals surface area contributed by atoms with E-state index in [-0.39, 0.29) is 0 Å². The van der Waals surface area contributed by atoms with Crippen LogP contribution < -0.4 is 4.74 Å². The normalized spacial score (nSPS) is 22.0. The molecule has 1 N–H and O–H groups in total. The summed E-state index contributed by atoms with van der Waals surface area (Å²) in [7, 11) is 1.53. The number of benzene rings is 1. The topological polar surface area (TPSA) is 73.6 Å². The zero-order valence-corrected chi connectivity index (χ0v) is 12.4. The van der Waals surface area contributed by atoms with E-state index < -0.39 is 11.5 Å². The van der Waals surface area contributed by atoms with Gasteiger partial charge in [0.05, 0.1) is 12.7 Å². The van der Waals surface area contributed by atoms with Gasteiger partial charge in [-0.1, -0.05) is 13.0 Å². The summed E-state index contributed by atoms with van der Waals surface area (Å²) < 4.78 is 5.13. The van der Waals surface area contributed by atoms with Crippen LogP contribution in [0.15, 0.2) is 18.2 Å². The molecule has 0 bridgehead atoms. The van der Waals surface area contributed by atoms with E-state index in [0.29, 0.717) is 30.7 Å². The van der Waals surface area contributed by atoms with Crippen molar-refractivity contribution in [2.45, 2.75) is 38.3 Å². The van der Waals surface area contributed by atoms with Gasteiger partial charge in [0, 0.05) is 6.54 Å². The Hall–Kier alpha value is -2.06. The van der Waals surface area contributed by atoms with E-state index >= 15 is 0 Å². The average Bonchev–Trinajstić information content (AvgIpc) is 2.91. The van der Waals surface area contributed by atoms with Gasteiger partial charge in [-0.05, 0) is 43.5 Å². The van der Waals surface area contributed by atoms with Crippen molar-refractivity contribution in [1.82, 2.24) is 4.90 Å². The second kappa shape index (κ2) is 6.15. The number of carbonyl (C=O) groups is 1. The molecule has 0 amide bonds. The quantitative estimate of drug-likeness (QED) is 0.900. The number of methoxy groups -OCH3 is 1. The molecule has 5 heteroatoms. The molecule has 0 saturated carbocycles. The van der Waals surface area contributed by atoms with Crippen LogP contribution in [0.3, 0.4) is 0 Å². The number of nitrogens with zero attached hydrogens (tertiary/aromatic N) is 2. The average molecular weight is 288 g/mol. The monoisotopic (exact) mass is 288 g/mol.